The highest BCUT2D eigenvalue weighted by atomic mass is 33.5. The van der Waals surface area contributed by atoms with Crippen molar-refractivity contribution in [1.29, 1.82) is 0 Å². The van der Waals surface area contributed by atoms with Crippen molar-refractivity contribution in [3.8, 4) is 11.4 Å². The van der Waals surface area contributed by atoms with Gasteiger partial charge in [0.2, 0.25) is 0 Å². The minimum atomic E-state index is -0.0576. The van der Waals surface area contributed by atoms with Gasteiger partial charge in [-0.3, -0.25) is 4.98 Å². The molecule has 0 spiro atoms. The molecule has 3 rings (SSSR count). The lowest BCUT2D eigenvalue weighted by molar-refractivity contribution is 0.545. The van der Waals surface area contributed by atoms with Crippen molar-refractivity contribution in [1.82, 2.24) is 24.9 Å². The lowest BCUT2D eigenvalue weighted by Gasteiger charge is -2.16. The summed E-state index contributed by atoms with van der Waals surface area (Å²) in [5.74, 6) is 1.60. The van der Waals surface area contributed by atoms with Gasteiger partial charge in [-0.15, -0.1) is 0 Å². The number of hydrogen-bond donors (Lipinski definition) is 1. The highest BCUT2D eigenvalue weighted by Crippen LogP contribution is 2.25. The van der Waals surface area contributed by atoms with Gasteiger partial charge in [0, 0.05) is 495 Å². The van der Waals surface area contributed by atoms with Crippen molar-refractivity contribution in [3.05, 3.63) is 36.2 Å². The maximum absolute atomic E-state index is 4.81. The summed E-state index contributed by atoms with van der Waals surface area (Å²) in [7, 11) is 89.4. The molecule has 0 unspecified atom stereocenters. The Morgan fingerprint density at radius 1 is 0.320 bits per heavy atom. The molecule has 3 aromatic rings. The van der Waals surface area contributed by atoms with Crippen LogP contribution in [0.25, 0.3) is 22.4 Å². The van der Waals surface area contributed by atoms with Gasteiger partial charge >= 0.3 is 0 Å². The number of fused-ring (bicyclic) bond motifs is 1. The molecule has 1 N–H and O–H groups in total. The maximum atomic E-state index is 4.81. The van der Waals surface area contributed by atoms with E-state index in [4.69, 9.17) is 22.4 Å². The van der Waals surface area contributed by atoms with Gasteiger partial charge in [0.05, 0.1) is 22.8 Å². The molecule has 3 aromatic heterocycles. The first-order valence-electron chi connectivity index (χ1n) is 16.3. The third-order valence-corrected chi connectivity index (χ3v) is 114. The predicted molar refractivity (Wildman–Crippen MR) is 475 cm³/mol. The number of H-pyrrole nitrogens is 1. The fraction of sp³-hybridized carbons (Fsp3) is 0.444. The van der Waals surface area contributed by atoms with Crippen LogP contribution in [0.5, 0.6) is 0 Å². The second-order valence-electron chi connectivity index (χ2n) is 11.4. The second-order valence-corrected chi connectivity index (χ2v) is 99.8. The van der Waals surface area contributed by atoms with Crippen LogP contribution >= 0.6 is 0 Å². The molecule has 0 atom stereocenters. The molecule has 0 saturated carbocycles. The average Bonchev–Trinajstić information content (AvgIpc) is 3.83. The summed E-state index contributed by atoms with van der Waals surface area (Å²) in [6.07, 6.45) is 5.49. The van der Waals surface area contributed by atoms with Gasteiger partial charge < -0.3 is 4.98 Å². The first-order chi connectivity index (χ1) is 36.6. The second kappa shape index (κ2) is 58.2. The summed E-state index contributed by atoms with van der Waals surface area (Å²) >= 11 is 9.63. The van der Waals surface area contributed by atoms with E-state index in [2.05, 4.69) is 66.5 Å². The number of rotatable bonds is 1. The fourth-order valence-corrected chi connectivity index (χ4v) is 135. The molecule has 75 heavy (non-hydrogen) atoms. The SMILES string of the molecule is CC(C)(C)c1cc2nc(-c3cnc(C(C)(C)C)nc3)[nH]c2cn1.S=S=S=S=S=S=S=S=S=S=S=S=S=S=S=S=S=S=S=S=S=S=S=S=S=S=S=S=S=S=S=S=S=S=S=S=S=S=S=S=S=S=S=S=S=S=S=S=S=S=S=S. The zero-order chi connectivity index (χ0) is 54.2. The van der Waals surface area contributed by atoms with Crippen molar-refractivity contribution in [3.63, 3.8) is 0 Å². The number of aromatic amines is 1. The normalized spacial score (nSPS) is 9.31. The fourth-order valence-electron chi connectivity index (χ4n) is 2.84. The van der Waals surface area contributed by atoms with Crippen LogP contribution in [0.1, 0.15) is 53.1 Å². The Hall–Kier alpha value is 9.14. The van der Waals surface area contributed by atoms with Crippen molar-refractivity contribution in [2.24, 2.45) is 0 Å². The van der Waals surface area contributed by atoms with Gasteiger partial charge in [0.25, 0.3) is 0 Å². The first kappa shape index (κ1) is 80.2. The minimum Gasteiger partial charge on any atom is -0.337 e. The summed E-state index contributed by atoms with van der Waals surface area (Å²) in [6, 6.07) is 2.04. The van der Waals surface area contributed by atoms with Crippen molar-refractivity contribution < 1.29 is 0 Å². The third kappa shape index (κ3) is 49.5. The van der Waals surface area contributed by atoms with E-state index in [1.165, 1.54) is 17.8 Å². The summed E-state index contributed by atoms with van der Waals surface area (Å²) < 4.78 is 0. The molecule has 0 aliphatic carbocycles. The van der Waals surface area contributed by atoms with Crippen molar-refractivity contribution in [2.45, 2.75) is 52.4 Å². The Balaban J connectivity index is 0.000000684. The summed E-state index contributed by atoms with van der Waals surface area (Å²) in [6.45, 7) is 12.7. The van der Waals surface area contributed by atoms with Crippen molar-refractivity contribution in [2.75, 3.05) is 0 Å². The van der Waals surface area contributed by atoms with E-state index < -0.39 is 0 Å². The summed E-state index contributed by atoms with van der Waals surface area (Å²) in [5.41, 5.74) is 3.70. The highest BCUT2D eigenvalue weighted by molar-refractivity contribution is 8.82. The van der Waals surface area contributed by atoms with Crippen LogP contribution in [0.15, 0.2) is 24.7 Å². The van der Waals surface area contributed by atoms with Gasteiger partial charge in [0.15, 0.2) is 0 Å². The maximum Gasteiger partial charge on any atom is 0.141 e. The number of nitrogens with zero attached hydrogens (tertiary/aromatic N) is 4. The van der Waals surface area contributed by atoms with Crippen LogP contribution in [-0.4, -0.2) is 24.9 Å². The Morgan fingerprint density at radius 2 is 0.560 bits per heavy atom. The highest BCUT2D eigenvalue weighted by Gasteiger charge is 2.19. The van der Waals surface area contributed by atoms with E-state index in [1.807, 2.05) is 344 Å². The smallest absolute Gasteiger partial charge is 0.141 e. The van der Waals surface area contributed by atoms with Gasteiger partial charge in [-0.1, -0.05) is 41.5 Å². The van der Waals surface area contributed by atoms with E-state index in [-0.39, 0.29) is 10.8 Å². The Kier molecular flexibility index (Phi) is 62.3. The minimum absolute atomic E-state index is 0.00473. The molecule has 0 aliphatic rings. The quantitative estimate of drug-likeness (QED) is 0.400. The lowest BCUT2D eigenvalue weighted by atomic mass is 9.91. The molecule has 57 heteroatoms. The zero-order valence-electron chi connectivity index (χ0n) is 35.8. The van der Waals surface area contributed by atoms with Crippen LogP contribution in [0.2, 0.25) is 0 Å². The van der Waals surface area contributed by atoms with Crippen LogP contribution in [0.3, 0.4) is 0 Å². The molecule has 0 fully saturated rings. The molecule has 0 aliphatic heterocycles. The largest absolute Gasteiger partial charge is 0.337 e. The van der Waals surface area contributed by atoms with Gasteiger partial charge in [-0.05, 0) is 6.07 Å². The lowest BCUT2D eigenvalue weighted by Crippen LogP contribution is -2.15. The van der Waals surface area contributed by atoms with E-state index >= 15 is 0 Å². The summed E-state index contributed by atoms with van der Waals surface area (Å²) in [4.78, 5) is 21.4. The van der Waals surface area contributed by atoms with Crippen LogP contribution in [0.4, 0.5) is 0 Å². The van der Waals surface area contributed by atoms with E-state index in [0.29, 0.717) is 0 Å². The number of imidazole rings is 1. The molecule has 0 saturated heterocycles. The van der Waals surface area contributed by atoms with E-state index in [0.717, 1.165) is 33.9 Å². The van der Waals surface area contributed by atoms with Gasteiger partial charge in [-0.25, -0.2) is 15.0 Å². The number of nitrogens with one attached hydrogen (secondary N) is 1. The number of pyridine rings is 1. The molecule has 432 valence electrons. The standard InChI is InChI=1S/C18H23N5.S52/c1-17(2,3)14-7-12-13(10-19-14)23-15(22-12)11-8-20-16(21-9-11)18(4,5)6;1-3-5-7-9-11-13-15-17-19-21-23-25-27-29-31-33-35-37-39-41-43-45-47-49-51-52-50-48-46-44-42-40-38-36-34-32-30-28-26-24-22-20-18-16-14-12-10-8-6-4-2/h7-10H,1-6H3,(H,22,23);. The van der Waals surface area contributed by atoms with Crippen LogP contribution < -0.4 is 0 Å². The molecule has 3 heterocycles. The third-order valence-electron chi connectivity index (χ3n) is 5.09. The molecule has 0 bridgehead atoms. The number of aromatic nitrogens is 5. The molecule has 0 radical (unpaired) electrons. The molecule has 0 aromatic carbocycles. The Bertz CT molecular complexity index is 4750. The van der Waals surface area contributed by atoms with Crippen molar-refractivity contribution >= 4 is 477 Å². The zero-order valence-corrected chi connectivity index (χ0v) is 78.3. The van der Waals surface area contributed by atoms with Crippen LogP contribution in [0, 0.1) is 0 Å². The van der Waals surface area contributed by atoms with Gasteiger partial charge in [-0.2, -0.15) is 0 Å². The van der Waals surface area contributed by atoms with E-state index in [1.54, 1.807) is 107 Å². The summed E-state index contributed by atoms with van der Waals surface area (Å²) in [5, 5.41) is 0. The Morgan fingerprint density at radius 3 is 0.773 bits per heavy atom. The van der Waals surface area contributed by atoms with E-state index in [9.17, 15) is 0 Å². The predicted octanol–water partition coefficient (Wildman–Crippen LogP) is 3.89. The van der Waals surface area contributed by atoms with Crippen LogP contribution in [-0.2, 0) is 477 Å². The molecule has 5 nitrogen and oxygen atoms in total. The number of hydrogen-bond acceptors (Lipinski definition) is 6. The Labute approximate surface area is 587 Å². The first-order valence-corrected chi connectivity index (χ1v) is 84.3. The monoisotopic (exact) mass is 1970 g/mol. The average molecular weight is 1980 g/mol. The van der Waals surface area contributed by atoms with Gasteiger partial charge in [0.1, 0.15) is 11.6 Å². The molecular weight excluding hydrogens is 1950 g/mol. The molecular formula is C18H23N5S52. The molecule has 0 amide bonds. The topological polar surface area (TPSA) is 67.3 Å².